The lowest BCUT2D eigenvalue weighted by atomic mass is 10.1. The molecule has 3 aromatic rings. The quantitative estimate of drug-likeness (QED) is 0.453. The number of carbonyl (C=O) groups is 1. The van der Waals surface area contributed by atoms with Crippen molar-refractivity contribution >= 4 is 44.6 Å². The van der Waals surface area contributed by atoms with Gasteiger partial charge in [-0.15, -0.1) is 0 Å². The SMILES string of the molecule is Cc1cc(C)cc(NS(=O)(=O)c2ccc(NC(=S)NC(=O)COc3ccccc3)cc2)c1. The summed E-state index contributed by atoms with van der Waals surface area (Å²) in [5, 5.41) is 5.43. The average Bonchev–Trinajstić information content (AvgIpc) is 2.72. The van der Waals surface area contributed by atoms with Crippen LogP contribution in [0.25, 0.3) is 0 Å². The summed E-state index contributed by atoms with van der Waals surface area (Å²) in [4.78, 5) is 12.1. The average molecular weight is 470 g/mol. The fourth-order valence-corrected chi connectivity index (χ4v) is 4.23. The first-order valence-corrected chi connectivity index (χ1v) is 11.6. The number of sulfonamides is 1. The fourth-order valence-electron chi connectivity index (χ4n) is 2.96. The highest BCUT2D eigenvalue weighted by atomic mass is 32.2. The van der Waals surface area contributed by atoms with E-state index >= 15 is 0 Å². The van der Waals surface area contributed by atoms with Gasteiger partial charge in [-0.2, -0.15) is 0 Å². The van der Waals surface area contributed by atoms with E-state index in [0.717, 1.165) is 11.1 Å². The minimum atomic E-state index is -3.74. The lowest BCUT2D eigenvalue weighted by Crippen LogP contribution is -2.37. The highest BCUT2D eigenvalue weighted by Crippen LogP contribution is 2.20. The van der Waals surface area contributed by atoms with E-state index in [2.05, 4.69) is 15.4 Å². The molecule has 0 unspecified atom stereocenters. The first-order chi connectivity index (χ1) is 15.2. The number of nitrogens with one attached hydrogen (secondary N) is 3. The van der Waals surface area contributed by atoms with Crippen molar-refractivity contribution in [3.05, 3.63) is 83.9 Å². The van der Waals surface area contributed by atoms with Crippen LogP contribution in [0.1, 0.15) is 11.1 Å². The molecule has 0 bridgehead atoms. The molecule has 3 N–H and O–H groups in total. The number of thiocarbonyl (C=S) groups is 1. The summed E-state index contributed by atoms with van der Waals surface area (Å²) in [6.07, 6.45) is 0. The minimum Gasteiger partial charge on any atom is -0.484 e. The van der Waals surface area contributed by atoms with E-state index in [1.165, 1.54) is 12.1 Å². The summed E-state index contributed by atoms with van der Waals surface area (Å²) < 4.78 is 33.3. The molecule has 0 saturated carbocycles. The van der Waals surface area contributed by atoms with E-state index in [4.69, 9.17) is 17.0 Å². The lowest BCUT2D eigenvalue weighted by molar-refractivity contribution is -0.121. The molecule has 3 rings (SSSR count). The molecule has 0 aliphatic rings. The third kappa shape index (κ3) is 6.79. The van der Waals surface area contributed by atoms with E-state index in [1.807, 2.05) is 26.0 Å². The summed E-state index contributed by atoms with van der Waals surface area (Å²) in [6, 6.07) is 20.5. The van der Waals surface area contributed by atoms with Crippen molar-refractivity contribution in [2.45, 2.75) is 18.7 Å². The van der Waals surface area contributed by atoms with Crippen LogP contribution in [-0.4, -0.2) is 26.0 Å². The highest BCUT2D eigenvalue weighted by Gasteiger charge is 2.15. The molecule has 0 atom stereocenters. The smallest absolute Gasteiger partial charge is 0.264 e. The number of rotatable bonds is 7. The Morgan fingerprint density at radius 1 is 0.906 bits per heavy atom. The van der Waals surface area contributed by atoms with Gasteiger partial charge in [0, 0.05) is 11.4 Å². The second-order valence-electron chi connectivity index (χ2n) is 7.11. The molecule has 0 heterocycles. The van der Waals surface area contributed by atoms with Crippen molar-refractivity contribution in [3.63, 3.8) is 0 Å². The molecule has 0 fully saturated rings. The zero-order valence-electron chi connectivity index (χ0n) is 17.6. The van der Waals surface area contributed by atoms with Crippen LogP contribution in [0, 0.1) is 13.8 Å². The second kappa shape index (κ2) is 10.3. The number of anilines is 2. The maximum absolute atomic E-state index is 12.7. The zero-order valence-corrected chi connectivity index (χ0v) is 19.2. The van der Waals surface area contributed by atoms with Gasteiger partial charge in [0.05, 0.1) is 4.90 Å². The molecule has 1 amide bonds. The number of para-hydroxylation sites is 1. The van der Waals surface area contributed by atoms with E-state index in [0.29, 0.717) is 17.1 Å². The first-order valence-electron chi connectivity index (χ1n) is 9.71. The van der Waals surface area contributed by atoms with Crippen LogP contribution in [0.4, 0.5) is 11.4 Å². The Morgan fingerprint density at radius 2 is 1.53 bits per heavy atom. The minimum absolute atomic E-state index is 0.0793. The van der Waals surface area contributed by atoms with Crippen LogP contribution in [0.15, 0.2) is 77.7 Å². The van der Waals surface area contributed by atoms with E-state index in [-0.39, 0.29) is 16.6 Å². The molecule has 0 spiro atoms. The molecule has 0 aliphatic carbocycles. The van der Waals surface area contributed by atoms with Gasteiger partial charge in [0.25, 0.3) is 15.9 Å². The van der Waals surface area contributed by atoms with Gasteiger partial charge in [0.15, 0.2) is 11.7 Å². The topological polar surface area (TPSA) is 96.5 Å². The van der Waals surface area contributed by atoms with Gasteiger partial charge in [-0.1, -0.05) is 24.3 Å². The third-order valence-electron chi connectivity index (χ3n) is 4.26. The molecule has 32 heavy (non-hydrogen) atoms. The van der Waals surface area contributed by atoms with Crippen molar-refractivity contribution < 1.29 is 17.9 Å². The fraction of sp³-hybridized carbons (Fsp3) is 0.130. The van der Waals surface area contributed by atoms with Gasteiger partial charge in [-0.3, -0.25) is 14.8 Å². The second-order valence-corrected chi connectivity index (χ2v) is 9.20. The first kappa shape index (κ1) is 23.2. The van der Waals surface area contributed by atoms with Crippen LogP contribution in [-0.2, 0) is 14.8 Å². The van der Waals surface area contributed by atoms with E-state index in [1.54, 1.807) is 48.5 Å². The Morgan fingerprint density at radius 3 is 2.16 bits per heavy atom. The summed E-state index contributed by atoms with van der Waals surface area (Å²) >= 11 is 5.13. The number of benzene rings is 3. The monoisotopic (exact) mass is 469 g/mol. The van der Waals surface area contributed by atoms with Gasteiger partial charge in [0.2, 0.25) is 0 Å². The largest absolute Gasteiger partial charge is 0.484 e. The molecule has 9 heteroatoms. The van der Waals surface area contributed by atoms with Crippen molar-refractivity contribution in [2.75, 3.05) is 16.6 Å². The predicted molar refractivity (Wildman–Crippen MR) is 129 cm³/mol. The van der Waals surface area contributed by atoms with Crippen LogP contribution in [0.5, 0.6) is 5.75 Å². The molecular weight excluding hydrogens is 446 g/mol. The summed E-state index contributed by atoms with van der Waals surface area (Å²) in [5.74, 6) is 0.163. The maximum Gasteiger partial charge on any atom is 0.264 e. The normalized spacial score (nSPS) is 10.8. The number of aryl methyl sites for hydroxylation is 2. The van der Waals surface area contributed by atoms with Crippen LogP contribution < -0.4 is 20.1 Å². The predicted octanol–water partition coefficient (Wildman–Crippen LogP) is 4.00. The molecule has 0 aliphatic heterocycles. The Kier molecular flexibility index (Phi) is 7.45. The third-order valence-corrected chi connectivity index (χ3v) is 5.86. The maximum atomic E-state index is 12.7. The Balaban J connectivity index is 1.55. The number of hydrogen-bond donors (Lipinski definition) is 3. The summed E-state index contributed by atoms with van der Waals surface area (Å²) in [7, 11) is -3.74. The summed E-state index contributed by atoms with van der Waals surface area (Å²) in [5.41, 5.74) is 2.97. The lowest BCUT2D eigenvalue weighted by Gasteiger charge is -2.12. The number of amides is 1. The van der Waals surface area contributed by atoms with Gasteiger partial charge < -0.3 is 10.1 Å². The number of hydrogen-bond acceptors (Lipinski definition) is 5. The van der Waals surface area contributed by atoms with Crippen molar-refractivity contribution in [2.24, 2.45) is 0 Å². The molecular formula is C23H23N3O4S2. The number of carbonyl (C=O) groups excluding carboxylic acids is 1. The van der Waals surface area contributed by atoms with Crippen LogP contribution in [0.3, 0.4) is 0 Å². The van der Waals surface area contributed by atoms with Gasteiger partial charge in [-0.25, -0.2) is 8.42 Å². The zero-order chi connectivity index (χ0) is 23.1. The van der Waals surface area contributed by atoms with E-state index < -0.39 is 15.9 Å². The van der Waals surface area contributed by atoms with Crippen molar-refractivity contribution in [1.82, 2.24) is 5.32 Å². The van der Waals surface area contributed by atoms with Gasteiger partial charge in [0.1, 0.15) is 5.75 Å². The molecule has 0 saturated heterocycles. The molecule has 166 valence electrons. The summed E-state index contributed by atoms with van der Waals surface area (Å²) in [6.45, 7) is 3.62. The van der Waals surface area contributed by atoms with Gasteiger partial charge >= 0.3 is 0 Å². The van der Waals surface area contributed by atoms with Crippen LogP contribution >= 0.6 is 12.2 Å². The molecule has 0 aromatic heterocycles. The molecule has 3 aromatic carbocycles. The van der Waals surface area contributed by atoms with Crippen LogP contribution in [0.2, 0.25) is 0 Å². The van der Waals surface area contributed by atoms with Gasteiger partial charge in [-0.05, 0) is 85.7 Å². The Labute approximate surface area is 192 Å². The molecule has 0 radical (unpaired) electrons. The van der Waals surface area contributed by atoms with E-state index in [9.17, 15) is 13.2 Å². The Hall–Kier alpha value is -3.43. The molecule has 7 nitrogen and oxygen atoms in total. The van der Waals surface area contributed by atoms with Crippen molar-refractivity contribution in [3.8, 4) is 5.75 Å². The van der Waals surface area contributed by atoms with Crippen molar-refractivity contribution in [1.29, 1.82) is 0 Å². The highest BCUT2D eigenvalue weighted by molar-refractivity contribution is 7.92. The standard InChI is InChI=1S/C23H23N3O4S2/c1-16-12-17(2)14-19(13-16)26-32(28,29)21-10-8-18(9-11-21)24-23(31)25-22(27)15-30-20-6-4-3-5-7-20/h3-14,26H,15H2,1-2H3,(H2,24,25,27,31). The Bertz CT molecular complexity index is 1190. The number of ether oxygens (including phenoxy) is 1.